The molecule has 0 amide bonds. The van der Waals surface area contributed by atoms with Crippen LogP contribution in [0.15, 0.2) is 41.8 Å². The van der Waals surface area contributed by atoms with Crippen LogP contribution in [0.4, 0.5) is 5.82 Å². The van der Waals surface area contributed by atoms with Crippen molar-refractivity contribution in [2.24, 2.45) is 4.99 Å². The third kappa shape index (κ3) is 2.04. The molecule has 18 heavy (non-hydrogen) atoms. The molecule has 0 bridgehead atoms. The molecule has 0 spiro atoms. The van der Waals surface area contributed by atoms with E-state index in [1.54, 1.807) is 12.4 Å². The van der Waals surface area contributed by atoms with Crippen LogP contribution in [0, 0.1) is 0 Å². The van der Waals surface area contributed by atoms with Gasteiger partial charge < -0.3 is 4.90 Å². The highest BCUT2D eigenvalue weighted by Crippen LogP contribution is 2.18. The van der Waals surface area contributed by atoms with Gasteiger partial charge in [-0.2, -0.15) is 0 Å². The molecule has 0 N–H and O–H groups in total. The third-order valence-electron chi connectivity index (χ3n) is 2.60. The molecule has 0 fully saturated rings. The Kier molecular flexibility index (Phi) is 2.90. The van der Waals surface area contributed by atoms with Crippen LogP contribution < -0.4 is 4.90 Å². The average molecular weight is 260 g/mol. The van der Waals surface area contributed by atoms with Crippen molar-refractivity contribution in [2.45, 2.75) is 0 Å². The van der Waals surface area contributed by atoms with Gasteiger partial charge in [0.2, 0.25) is 0 Å². The van der Waals surface area contributed by atoms with Crippen molar-refractivity contribution in [3.63, 3.8) is 0 Å². The minimum atomic E-state index is 0.375. The number of hydrogen-bond acceptors (Lipinski definition) is 5. The molecule has 0 atom stereocenters. The number of halogens is 1. The molecule has 3 rings (SSSR count). The molecular formula is C12H10ClN5. The minimum absolute atomic E-state index is 0.375. The molecule has 0 aromatic carbocycles. The van der Waals surface area contributed by atoms with Crippen LogP contribution in [-0.4, -0.2) is 33.9 Å². The van der Waals surface area contributed by atoms with Crippen LogP contribution in [0.3, 0.4) is 0 Å². The van der Waals surface area contributed by atoms with Crippen molar-refractivity contribution < 1.29 is 0 Å². The number of hydrogen-bond donors (Lipinski definition) is 0. The van der Waals surface area contributed by atoms with Crippen LogP contribution in [0.5, 0.6) is 0 Å². The number of rotatable bonds is 2. The molecular weight excluding hydrogens is 250 g/mol. The molecule has 0 radical (unpaired) electrons. The largest absolute Gasteiger partial charge is 0.306 e. The van der Waals surface area contributed by atoms with Gasteiger partial charge >= 0.3 is 0 Å². The summed E-state index contributed by atoms with van der Waals surface area (Å²) in [6, 6.07) is 5.74. The summed E-state index contributed by atoms with van der Waals surface area (Å²) in [6.45, 7) is 1.49. The van der Waals surface area contributed by atoms with E-state index in [0.717, 1.165) is 24.6 Å². The zero-order valence-electron chi connectivity index (χ0n) is 9.49. The van der Waals surface area contributed by atoms with Gasteiger partial charge in [-0.15, -0.1) is 0 Å². The van der Waals surface area contributed by atoms with Gasteiger partial charge in [-0.1, -0.05) is 17.7 Å². The summed E-state index contributed by atoms with van der Waals surface area (Å²) in [6.07, 6.45) is 4.94. The Bertz CT molecular complexity index is 584. The smallest absolute Gasteiger partial charge is 0.155 e. The molecule has 6 heteroatoms. The maximum atomic E-state index is 5.86. The van der Waals surface area contributed by atoms with Gasteiger partial charge in [0.1, 0.15) is 10.8 Å². The fourth-order valence-electron chi connectivity index (χ4n) is 1.85. The van der Waals surface area contributed by atoms with E-state index in [1.807, 2.05) is 23.1 Å². The fraction of sp³-hybridized carbons (Fsp3) is 0.167. The first-order valence-electron chi connectivity index (χ1n) is 5.55. The predicted molar refractivity (Wildman–Crippen MR) is 70.0 cm³/mol. The SMILES string of the molecule is Clc1cncc(N2CCN=C2c2ccccn2)n1. The Morgan fingerprint density at radius 1 is 1.22 bits per heavy atom. The molecule has 5 nitrogen and oxygen atoms in total. The lowest BCUT2D eigenvalue weighted by Crippen LogP contribution is -2.29. The Labute approximate surface area is 109 Å². The van der Waals surface area contributed by atoms with E-state index in [4.69, 9.17) is 11.6 Å². The number of pyridine rings is 1. The van der Waals surface area contributed by atoms with E-state index in [9.17, 15) is 0 Å². The summed E-state index contributed by atoms with van der Waals surface area (Å²) in [7, 11) is 0. The number of nitrogens with zero attached hydrogens (tertiary/aromatic N) is 5. The number of aliphatic imine (C=N–C) groups is 1. The molecule has 0 saturated heterocycles. The second kappa shape index (κ2) is 4.70. The summed E-state index contributed by atoms with van der Waals surface area (Å²) in [5.41, 5.74) is 0.830. The van der Waals surface area contributed by atoms with Crippen molar-refractivity contribution in [1.29, 1.82) is 0 Å². The molecule has 0 aliphatic carbocycles. The lowest BCUT2D eigenvalue weighted by Gasteiger charge is -2.18. The first-order chi connectivity index (χ1) is 8.84. The van der Waals surface area contributed by atoms with Crippen molar-refractivity contribution in [3.05, 3.63) is 47.6 Å². The van der Waals surface area contributed by atoms with Crippen molar-refractivity contribution >= 4 is 23.3 Å². The maximum absolute atomic E-state index is 5.86. The van der Waals surface area contributed by atoms with Gasteiger partial charge in [-0.05, 0) is 12.1 Å². The Morgan fingerprint density at radius 3 is 2.94 bits per heavy atom. The first kappa shape index (κ1) is 11.1. The Hall–Kier alpha value is -2.01. The Balaban J connectivity index is 1.97. The van der Waals surface area contributed by atoms with E-state index in [2.05, 4.69) is 19.9 Å². The van der Waals surface area contributed by atoms with Crippen molar-refractivity contribution in [2.75, 3.05) is 18.0 Å². The van der Waals surface area contributed by atoms with Crippen LogP contribution in [-0.2, 0) is 0 Å². The van der Waals surface area contributed by atoms with Gasteiger partial charge in [0, 0.05) is 12.7 Å². The zero-order valence-corrected chi connectivity index (χ0v) is 10.2. The highest BCUT2D eigenvalue weighted by molar-refractivity contribution is 6.29. The van der Waals surface area contributed by atoms with E-state index in [0.29, 0.717) is 11.0 Å². The number of aromatic nitrogens is 3. The molecule has 1 aliphatic rings. The number of anilines is 1. The van der Waals surface area contributed by atoms with E-state index < -0.39 is 0 Å². The monoisotopic (exact) mass is 259 g/mol. The van der Waals surface area contributed by atoms with Crippen LogP contribution >= 0.6 is 11.6 Å². The summed E-state index contributed by atoms with van der Waals surface area (Å²) < 4.78 is 0. The van der Waals surface area contributed by atoms with E-state index >= 15 is 0 Å². The molecule has 1 aliphatic heterocycles. The highest BCUT2D eigenvalue weighted by Gasteiger charge is 2.22. The molecule has 90 valence electrons. The molecule has 2 aromatic rings. The maximum Gasteiger partial charge on any atom is 0.155 e. The summed E-state index contributed by atoms with van der Waals surface area (Å²) in [4.78, 5) is 19.0. The zero-order chi connectivity index (χ0) is 12.4. The van der Waals surface area contributed by atoms with Crippen molar-refractivity contribution in [3.8, 4) is 0 Å². The van der Waals surface area contributed by atoms with Gasteiger partial charge in [0.05, 0.1) is 18.9 Å². The molecule has 3 heterocycles. The fourth-order valence-corrected chi connectivity index (χ4v) is 1.99. The normalized spacial score (nSPS) is 14.7. The van der Waals surface area contributed by atoms with E-state index in [1.165, 1.54) is 6.20 Å². The molecule has 0 unspecified atom stereocenters. The third-order valence-corrected chi connectivity index (χ3v) is 2.79. The van der Waals surface area contributed by atoms with Crippen molar-refractivity contribution in [1.82, 2.24) is 15.0 Å². The predicted octanol–water partition coefficient (Wildman–Crippen LogP) is 1.79. The quantitative estimate of drug-likeness (QED) is 0.825. The van der Waals surface area contributed by atoms with Crippen LogP contribution in [0.25, 0.3) is 0 Å². The second-order valence-electron chi connectivity index (χ2n) is 3.77. The van der Waals surface area contributed by atoms with Gasteiger partial charge in [-0.25, -0.2) is 4.98 Å². The lowest BCUT2D eigenvalue weighted by molar-refractivity contribution is 0.987. The number of amidine groups is 1. The van der Waals surface area contributed by atoms with Gasteiger partial charge in [0.15, 0.2) is 11.7 Å². The lowest BCUT2D eigenvalue weighted by atomic mass is 10.3. The first-order valence-corrected chi connectivity index (χ1v) is 5.93. The van der Waals surface area contributed by atoms with Crippen LogP contribution in [0.2, 0.25) is 5.15 Å². The molecule has 0 saturated carbocycles. The summed E-state index contributed by atoms with van der Waals surface area (Å²) >= 11 is 5.86. The summed E-state index contributed by atoms with van der Waals surface area (Å²) in [5, 5.41) is 0.375. The second-order valence-corrected chi connectivity index (χ2v) is 4.16. The van der Waals surface area contributed by atoms with E-state index in [-0.39, 0.29) is 0 Å². The minimum Gasteiger partial charge on any atom is -0.306 e. The standard InChI is InChI=1S/C12H10ClN5/c13-10-7-14-8-11(17-10)18-6-5-16-12(18)9-3-1-2-4-15-9/h1-4,7-8H,5-6H2. The summed E-state index contributed by atoms with van der Waals surface area (Å²) in [5.74, 6) is 1.51. The van der Waals surface area contributed by atoms with Gasteiger partial charge in [0.25, 0.3) is 0 Å². The Morgan fingerprint density at radius 2 is 2.17 bits per heavy atom. The molecule has 2 aromatic heterocycles. The topological polar surface area (TPSA) is 54.3 Å². The highest BCUT2D eigenvalue weighted by atomic mass is 35.5. The van der Waals surface area contributed by atoms with Crippen LogP contribution in [0.1, 0.15) is 5.69 Å². The average Bonchev–Trinajstić information content (AvgIpc) is 2.89. The van der Waals surface area contributed by atoms with Gasteiger partial charge in [-0.3, -0.25) is 15.0 Å².